The van der Waals surface area contributed by atoms with Crippen LogP contribution in [0.15, 0.2) is 29.4 Å². The van der Waals surface area contributed by atoms with Crippen molar-refractivity contribution in [3.63, 3.8) is 0 Å². The molecule has 5 heteroatoms. The lowest BCUT2D eigenvalue weighted by Crippen LogP contribution is -1.82. The van der Waals surface area contributed by atoms with Gasteiger partial charge in [0.15, 0.2) is 5.03 Å². The van der Waals surface area contributed by atoms with Crippen LogP contribution < -0.4 is 0 Å². The van der Waals surface area contributed by atoms with Crippen LogP contribution in [-0.4, -0.2) is 4.98 Å². The summed E-state index contributed by atoms with van der Waals surface area (Å²) < 4.78 is 35.4. The van der Waals surface area contributed by atoms with Gasteiger partial charge in [-0.05, 0) is 12.1 Å². The van der Waals surface area contributed by atoms with Crippen molar-refractivity contribution in [2.75, 3.05) is 0 Å². The number of rotatable bonds is 1. The van der Waals surface area contributed by atoms with Crippen LogP contribution in [-0.2, 0) is 0 Å². The first-order chi connectivity index (χ1) is 4.61. The summed E-state index contributed by atoms with van der Waals surface area (Å²) in [6.45, 7) is 0. The van der Waals surface area contributed by atoms with Crippen molar-refractivity contribution in [3.05, 3.63) is 24.4 Å². The third-order valence-corrected chi connectivity index (χ3v) is 1.59. The fourth-order valence-corrected chi connectivity index (χ4v) is 0.897. The van der Waals surface area contributed by atoms with E-state index in [1.165, 1.54) is 12.1 Å². The first-order valence-electron chi connectivity index (χ1n) is 2.44. The van der Waals surface area contributed by atoms with Crippen molar-refractivity contribution in [1.82, 2.24) is 4.98 Å². The van der Waals surface area contributed by atoms with Gasteiger partial charge in [-0.2, -0.15) is 0 Å². The first-order valence-corrected chi connectivity index (χ1v) is 3.77. The van der Waals surface area contributed by atoms with E-state index in [9.17, 15) is 11.7 Å². The molecule has 0 aliphatic carbocycles. The Bertz CT molecular complexity index is 208. The van der Waals surface area contributed by atoms with Gasteiger partial charge in [-0.25, -0.2) is 4.98 Å². The number of aromatic nitrogens is 1. The maximum absolute atomic E-state index is 11.8. The van der Waals surface area contributed by atoms with Crippen LogP contribution in [0.5, 0.6) is 0 Å². The molecule has 0 aliphatic rings. The zero-order valence-electron chi connectivity index (χ0n) is 4.80. The van der Waals surface area contributed by atoms with Gasteiger partial charge in [-0.3, -0.25) is 0 Å². The van der Waals surface area contributed by atoms with Crippen LogP contribution >= 0.6 is 11.2 Å². The molecule has 0 aromatic carbocycles. The highest BCUT2D eigenvalue weighted by Gasteiger charge is 2.24. The van der Waals surface area contributed by atoms with Crippen molar-refractivity contribution in [1.29, 1.82) is 0 Å². The van der Waals surface area contributed by atoms with Crippen LogP contribution in [0.4, 0.5) is 11.7 Å². The molecule has 0 fully saturated rings. The molecule has 0 unspecified atom stereocenters. The molecule has 0 saturated carbocycles. The summed E-state index contributed by atoms with van der Waals surface area (Å²) in [4.78, 5) is 3.16. The van der Waals surface area contributed by atoms with Gasteiger partial charge < -0.3 is 0 Å². The molecule has 1 rings (SSSR count). The van der Waals surface area contributed by atoms with Crippen LogP contribution in [0.3, 0.4) is 0 Å². The number of hydrogen-bond acceptors (Lipinski definition) is 1. The molecule has 0 bridgehead atoms. The summed E-state index contributed by atoms with van der Waals surface area (Å²) in [6.07, 6.45) is 1.13. The second-order valence-corrected chi connectivity index (χ2v) is 2.81. The first kappa shape index (κ1) is 7.40. The van der Waals surface area contributed by atoms with E-state index >= 15 is 0 Å². The summed E-state index contributed by atoms with van der Waals surface area (Å²) in [5.74, 6) is 0. The Morgan fingerprint density at radius 3 is 2.20 bits per heavy atom. The SMILES string of the molecule is FS(F)(F)c1ccccn1. The highest BCUT2D eigenvalue weighted by molar-refractivity contribution is 8.20. The molecule has 0 radical (unpaired) electrons. The van der Waals surface area contributed by atoms with Gasteiger partial charge in [0.25, 0.3) is 11.2 Å². The Kier molecular flexibility index (Phi) is 1.85. The van der Waals surface area contributed by atoms with Gasteiger partial charge >= 0.3 is 0 Å². The summed E-state index contributed by atoms with van der Waals surface area (Å²) in [5.41, 5.74) is 0. The van der Waals surface area contributed by atoms with Crippen LogP contribution in [0, 0.1) is 0 Å². The topological polar surface area (TPSA) is 12.9 Å². The number of halogens is 3. The van der Waals surface area contributed by atoms with Gasteiger partial charge in [-0.15, -0.1) is 11.7 Å². The maximum atomic E-state index is 11.8. The maximum Gasteiger partial charge on any atom is 0.254 e. The highest BCUT2D eigenvalue weighted by Crippen LogP contribution is 2.59. The second kappa shape index (κ2) is 2.49. The molecule has 0 amide bonds. The third kappa shape index (κ3) is 1.63. The van der Waals surface area contributed by atoms with Gasteiger partial charge in [0, 0.05) is 6.20 Å². The monoisotopic (exact) mass is 167 g/mol. The Hall–Kier alpha value is -0.710. The average molecular weight is 167 g/mol. The molecule has 1 heterocycles. The molecular formula is C5H4F3NS. The molecule has 0 spiro atoms. The van der Waals surface area contributed by atoms with Gasteiger partial charge in [0.1, 0.15) is 0 Å². The van der Waals surface area contributed by atoms with Crippen molar-refractivity contribution >= 4 is 11.2 Å². The van der Waals surface area contributed by atoms with Crippen LogP contribution in [0.25, 0.3) is 0 Å². The molecule has 56 valence electrons. The van der Waals surface area contributed by atoms with E-state index in [1.807, 2.05) is 0 Å². The van der Waals surface area contributed by atoms with Gasteiger partial charge in [-0.1, -0.05) is 6.07 Å². The lowest BCUT2D eigenvalue weighted by Gasteiger charge is -2.06. The van der Waals surface area contributed by atoms with E-state index in [1.54, 1.807) is 0 Å². The van der Waals surface area contributed by atoms with E-state index in [0.717, 1.165) is 12.3 Å². The Morgan fingerprint density at radius 2 is 1.90 bits per heavy atom. The predicted molar refractivity (Wildman–Crippen MR) is 33.4 cm³/mol. The predicted octanol–water partition coefficient (Wildman–Crippen LogP) is 2.90. The number of pyridine rings is 1. The number of hydrogen-bond donors (Lipinski definition) is 0. The van der Waals surface area contributed by atoms with E-state index in [2.05, 4.69) is 4.98 Å². The molecule has 10 heavy (non-hydrogen) atoms. The van der Waals surface area contributed by atoms with Gasteiger partial charge in [0.2, 0.25) is 0 Å². The van der Waals surface area contributed by atoms with E-state index < -0.39 is 16.2 Å². The number of nitrogens with zero attached hydrogens (tertiary/aromatic N) is 1. The van der Waals surface area contributed by atoms with Crippen molar-refractivity contribution in [2.24, 2.45) is 0 Å². The summed E-state index contributed by atoms with van der Waals surface area (Å²) in [7, 11) is 0. The normalized spacial score (nSPS) is 13.1. The molecule has 0 N–H and O–H groups in total. The molecule has 0 aliphatic heterocycles. The zero-order valence-corrected chi connectivity index (χ0v) is 5.62. The standard InChI is InChI=1S/C5H4F3NS/c6-10(7,8)5-3-1-2-4-9-5/h1-4H. The average Bonchev–Trinajstić information content (AvgIpc) is 1.88. The fourth-order valence-electron chi connectivity index (χ4n) is 0.484. The summed E-state index contributed by atoms with van der Waals surface area (Å²) in [6, 6.07) is 3.74. The highest BCUT2D eigenvalue weighted by atomic mass is 32.3. The van der Waals surface area contributed by atoms with Crippen LogP contribution in [0.2, 0.25) is 0 Å². The zero-order chi connectivity index (χ0) is 7.61. The summed E-state index contributed by atoms with van der Waals surface area (Å²) in [5, 5.41) is -0.769. The van der Waals surface area contributed by atoms with Crippen LogP contribution in [0.1, 0.15) is 0 Å². The molecule has 1 aromatic heterocycles. The molecule has 1 aromatic rings. The van der Waals surface area contributed by atoms with Crippen molar-refractivity contribution in [3.8, 4) is 0 Å². The fraction of sp³-hybridized carbons (Fsp3) is 0. The minimum Gasteiger partial charge on any atom is -0.244 e. The van der Waals surface area contributed by atoms with Crippen molar-refractivity contribution < 1.29 is 11.7 Å². The smallest absolute Gasteiger partial charge is 0.244 e. The third-order valence-electron chi connectivity index (χ3n) is 0.875. The minimum absolute atomic E-state index is 0.769. The second-order valence-electron chi connectivity index (χ2n) is 1.57. The lowest BCUT2D eigenvalue weighted by molar-refractivity contribution is 0.624. The quantitative estimate of drug-likeness (QED) is 0.626. The van der Waals surface area contributed by atoms with Gasteiger partial charge in [0.05, 0.1) is 0 Å². The molecule has 0 saturated heterocycles. The Balaban J connectivity index is 2.97. The van der Waals surface area contributed by atoms with E-state index in [4.69, 9.17) is 0 Å². The molecule has 1 nitrogen and oxygen atoms in total. The molecule has 0 atom stereocenters. The Morgan fingerprint density at radius 1 is 1.20 bits per heavy atom. The largest absolute Gasteiger partial charge is 0.254 e. The minimum atomic E-state index is -5.11. The summed E-state index contributed by atoms with van der Waals surface area (Å²) >= 11 is -5.11. The lowest BCUT2D eigenvalue weighted by atomic mass is 10.5. The van der Waals surface area contributed by atoms with E-state index in [0.29, 0.717) is 0 Å². The van der Waals surface area contributed by atoms with Crippen molar-refractivity contribution in [2.45, 2.75) is 5.03 Å². The molecular weight excluding hydrogens is 163 g/mol. The van der Waals surface area contributed by atoms with E-state index in [-0.39, 0.29) is 0 Å². The Labute approximate surface area is 58.1 Å².